The highest BCUT2D eigenvalue weighted by atomic mass is 16.2. The maximum absolute atomic E-state index is 12.1. The largest absolute Gasteiger partial charge is 0.339 e. The van der Waals surface area contributed by atoms with E-state index in [-0.39, 0.29) is 18.4 Å². The first kappa shape index (κ1) is 15.0. The second-order valence-corrected chi connectivity index (χ2v) is 5.48. The van der Waals surface area contributed by atoms with E-state index < -0.39 is 0 Å². The molecule has 0 N–H and O–H groups in total. The second kappa shape index (κ2) is 6.73. The zero-order valence-electron chi connectivity index (χ0n) is 12.0. The molecule has 1 fully saturated rings. The van der Waals surface area contributed by atoms with Crippen molar-refractivity contribution < 1.29 is 9.59 Å². The summed E-state index contributed by atoms with van der Waals surface area (Å²) in [6.07, 6.45) is 0. The lowest BCUT2D eigenvalue weighted by atomic mass is 10.2. The fourth-order valence-corrected chi connectivity index (χ4v) is 2.06. The molecule has 0 unspecified atom stereocenters. The van der Waals surface area contributed by atoms with Gasteiger partial charge in [-0.05, 0) is 13.0 Å². The molecule has 0 aromatic carbocycles. The number of hydrogen-bond acceptors (Lipinski definition) is 3. The van der Waals surface area contributed by atoms with Crippen LogP contribution < -0.4 is 0 Å². The molecule has 1 heterocycles. The predicted octanol–water partition coefficient (Wildman–Crippen LogP) is 0.265. The highest BCUT2D eigenvalue weighted by Gasteiger charge is 2.22. The van der Waals surface area contributed by atoms with Crippen LogP contribution in [-0.2, 0) is 9.59 Å². The zero-order valence-corrected chi connectivity index (χ0v) is 12.0. The van der Waals surface area contributed by atoms with Crippen molar-refractivity contribution in [2.75, 3.05) is 46.3 Å². The third-order valence-electron chi connectivity index (χ3n) is 3.21. The minimum Gasteiger partial charge on any atom is -0.339 e. The van der Waals surface area contributed by atoms with Crippen molar-refractivity contribution in [3.8, 4) is 0 Å². The molecule has 18 heavy (non-hydrogen) atoms. The van der Waals surface area contributed by atoms with Gasteiger partial charge in [-0.25, -0.2) is 0 Å². The monoisotopic (exact) mass is 255 g/mol. The molecule has 0 saturated carbocycles. The molecule has 0 aromatic rings. The summed E-state index contributed by atoms with van der Waals surface area (Å²) in [5, 5.41) is 0. The van der Waals surface area contributed by atoms with E-state index in [0.29, 0.717) is 12.5 Å². The van der Waals surface area contributed by atoms with Gasteiger partial charge in [-0.2, -0.15) is 0 Å². The van der Waals surface area contributed by atoms with Crippen LogP contribution in [0.4, 0.5) is 0 Å². The Kier molecular flexibility index (Phi) is 5.59. The Balaban J connectivity index is 2.48. The van der Waals surface area contributed by atoms with Crippen molar-refractivity contribution in [3.05, 3.63) is 0 Å². The highest BCUT2D eigenvalue weighted by molar-refractivity contribution is 5.83. The first-order valence-corrected chi connectivity index (χ1v) is 6.62. The summed E-state index contributed by atoms with van der Waals surface area (Å²) in [5.74, 6) is 0.430. The Morgan fingerprint density at radius 2 is 1.72 bits per heavy atom. The van der Waals surface area contributed by atoms with Crippen LogP contribution in [0.1, 0.15) is 20.8 Å². The zero-order chi connectivity index (χ0) is 13.7. The minimum absolute atomic E-state index is 0.0221. The first-order chi connectivity index (χ1) is 8.40. The molecular weight excluding hydrogens is 230 g/mol. The maximum Gasteiger partial charge on any atom is 0.242 e. The van der Waals surface area contributed by atoms with Gasteiger partial charge in [0, 0.05) is 39.6 Å². The smallest absolute Gasteiger partial charge is 0.242 e. The molecule has 1 aliphatic heterocycles. The molecule has 2 amide bonds. The van der Waals surface area contributed by atoms with Gasteiger partial charge in [-0.1, -0.05) is 13.8 Å². The van der Waals surface area contributed by atoms with Crippen molar-refractivity contribution in [1.29, 1.82) is 0 Å². The van der Waals surface area contributed by atoms with Gasteiger partial charge in [0.2, 0.25) is 11.8 Å². The van der Waals surface area contributed by atoms with Crippen LogP contribution in [0.2, 0.25) is 0 Å². The molecule has 5 heteroatoms. The molecule has 0 spiro atoms. The van der Waals surface area contributed by atoms with Crippen LogP contribution in [0.3, 0.4) is 0 Å². The van der Waals surface area contributed by atoms with Gasteiger partial charge in [0.1, 0.15) is 0 Å². The number of hydrogen-bond donors (Lipinski definition) is 0. The topological polar surface area (TPSA) is 43.9 Å². The number of likely N-dealkylation sites (N-methyl/N-ethyl adjacent to an activating group) is 1. The Bertz CT molecular complexity index is 297. The quantitative estimate of drug-likeness (QED) is 0.724. The number of piperazine rings is 1. The van der Waals surface area contributed by atoms with Crippen LogP contribution in [0.5, 0.6) is 0 Å². The van der Waals surface area contributed by atoms with E-state index in [4.69, 9.17) is 0 Å². The molecule has 0 atom stereocenters. The van der Waals surface area contributed by atoms with E-state index >= 15 is 0 Å². The van der Waals surface area contributed by atoms with Crippen molar-refractivity contribution in [3.63, 3.8) is 0 Å². The summed E-state index contributed by atoms with van der Waals surface area (Å²) in [6, 6.07) is 0. The van der Waals surface area contributed by atoms with Gasteiger partial charge in [0.15, 0.2) is 0 Å². The molecule has 1 rings (SSSR count). The number of amides is 2. The average Bonchev–Trinajstić information content (AvgIpc) is 2.28. The molecule has 1 saturated heterocycles. The number of carbonyl (C=O) groups is 2. The van der Waals surface area contributed by atoms with Gasteiger partial charge in [-0.3, -0.25) is 9.59 Å². The fraction of sp³-hybridized carbons (Fsp3) is 0.846. The third-order valence-corrected chi connectivity index (χ3v) is 3.21. The van der Waals surface area contributed by atoms with E-state index in [1.807, 2.05) is 4.90 Å². The third kappa shape index (κ3) is 4.64. The summed E-state index contributed by atoms with van der Waals surface area (Å²) in [6.45, 7) is 9.86. The standard InChI is InChI=1S/C13H25N3O2/c1-11(2)9-16(12(3)17)10-13(18)15-7-5-14(4)6-8-15/h11H,5-10H2,1-4H3. The van der Waals surface area contributed by atoms with Crippen LogP contribution in [0.25, 0.3) is 0 Å². The Hall–Kier alpha value is -1.10. The van der Waals surface area contributed by atoms with Crippen molar-refractivity contribution >= 4 is 11.8 Å². The van der Waals surface area contributed by atoms with E-state index in [1.54, 1.807) is 4.90 Å². The SMILES string of the molecule is CC(=O)N(CC(=O)N1CCN(C)CC1)CC(C)C. The van der Waals surface area contributed by atoms with E-state index in [1.165, 1.54) is 6.92 Å². The fourth-order valence-electron chi connectivity index (χ4n) is 2.06. The lowest BCUT2D eigenvalue weighted by Gasteiger charge is -2.34. The van der Waals surface area contributed by atoms with Crippen LogP contribution in [0, 0.1) is 5.92 Å². The highest BCUT2D eigenvalue weighted by Crippen LogP contribution is 2.04. The van der Waals surface area contributed by atoms with Gasteiger partial charge in [0.25, 0.3) is 0 Å². The van der Waals surface area contributed by atoms with Crippen molar-refractivity contribution in [2.24, 2.45) is 5.92 Å². The summed E-state index contributed by atoms with van der Waals surface area (Å²) in [4.78, 5) is 29.3. The van der Waals surface area contributed by atoms with Crippen LogP contribution >= 0.6 is 0 Å². The van der Waals surface area contributed by atoms with Gasteiger partial charge >= 0.3 is 0 Å². The molecule has 1 aliphatic rings. The number of rotatable bonds is 4. The van der Waals surface area contributed by atoms with Gasteiger partial charge in [-0.15, -0.1) is 0 Å². The summed E-state index contributed by atoms with van der Waals surface area (Å²) >= 11 is 0. The lowest BCUT2D eigenvalue weighted by molar-refractivity contribution is -0.140. The first-order valence-electron chi connectivity index (χ1n) is 6.62. The maximum atomic E-state index is 12.1. The average molecular weight is 255 g/mol. The van der Waals surface area contributed by atoms with E-state index in [0.717, 1.165) is 26.2 Å². The molecule has 0 radical (unpaired) electrons. The summed E-state index contributed by atoms with van der Waals surface area (Å²) < 4.78 is 0. The Morgan fingerprint density at radius 3 is 2.17 bits per heavy atom. The summed E-state index contributed by atoms with van der Waals surface area (Å²) in [7, 11) is 2.06. The summed E-state index contributed by atoms with van der Waals surface area (Å²) in [5.41, 5.74) is 0. The Labute approximate surface area is 110 Å². The molecule has 0 aromatic heterocycles. The molecule has 5 nitrogen and oxygen atoms in total. The normalized spacial score (nSPS) is 17.1. The molecule has 0 bridgehead atoms. The van der Waals surface area contributed by atoms with Gasteiger partial charge in [0.05, 0.1) is 6.54 Å². The van der Waals surface area contributed by atoms with Crippen LogP contribution in [-0.4, -0.2) is 72.8 Å². The Morgan fingerprint density at radius 1 is 1.17 bits per heavy atom. The van der Waals surface area contributed by atoms with Crippen LogP contribution in [0.15, 0.2) is 0 Å². The predicted molar refractivity (Wildman–Crippen MR) is 71.2 cm³/mol. The van der Waals surface area contributed by atoms with Crippen molar-refractivity contribution in [1.82, 2.24) is 14.7 Å². The van der Waals surface area contributed by atoms with Gasteiger partial charge < -0.3 is 14.7 Å². The minimum atomic E-state index is -0.0221. The second-order valence-electron chi connectivity index (χ2n) is 5.48. The molecule has 104 valence electrons. The number of nitrogens with zero attached hydrogens (tertiary/aromatic N) is 3. The lowest BCUT2D eigenvalue weighted by Crippen LogP contribution is -2.51. The molecular formula is C13H25N3O2. The molecule has 0 aliphatic carbocycles. The van der Waals surface area contributed by atoms with Crippen molar-refractivity contribution in [2.45, 2.75) is 20.8 Å². The van der Waals surface area contributed by atoms with E-state index in [2.05, 4.69) is 25.8 Å². The number of carbonyl (C=O) groups excluding carboxylic acids is 2. The van der Waals surface area contributed by atoms with E-state index in [9.17, 15) is 9.59 Å².